The Labute approximate surface area is 109 Å². The molecule has 0 atom stereocenters. The Bertz CT molecular complexity index is 559. The summed E-state index contributed by atoms with van der Waals surface area (Å²) in [5.41, 5.74) is 0.947. The van der Waals surface area contributed by atoms with Gasteiger partial charge in [-0.25, -0.2) is 4.79 Å². The minimum absolute atomic E-state index is 0.257. The molecule has 0 spiro atoms. The van der Waals surface area contributed by atoms with E-state index in [1.807, 2.05) is 0 Å². The predicted octanol–water partition coefficient (Wildman–Crippen LogP) is 1.78. The first-order valence-corrected chi connectivity index (χ1v) is 6.40. The highest BCUT2D eigenvalue weighted by atomic mass is 32.1. The van der Waals surface area contributed by atoms with Crippen LogP contribution in [0.1, 0.15) is 25.8 Å². The summed E-state index contributed by atoms with van der Waals surface area (Å²) >= 11 is 1.74. The summed E-state index contributed by atoms with van der Waals surface area (Å²) in [4.78, 5) is 13.5. The Morgan fingerprint density at radius 2 is 2.28 bits per heavy atom. The van der Waals surface area contributed by atoms with Crippen LogP contribution in [0.15, 0.2) is 18.3 Å². The molecule has 0 fully saturated rings. The average Bonchev–Trinajstić information content (AvgIpc) is 2.87. The molecule has 18 heavy (non-hydrogen) atoms. The summed E-state index contributed by atoms with van der Waals surface area (Å²) in [5, 5.41) is 16.2. The molecule has 2 aromatic heterocycles. The van der Waals surface area contributed by atoms with E-state index >= 15 is 0 Å². The highest BCUT2D eigenvalue weighted by Crippen LogP contribution is 2.15. The zero-order valence-electron chi connectivity index (χ0n) is 10.3. The van der Waals surface area contributed by atoms with E-state index in [-0.39, 0.29) is 5.56 Å². The molecule has 0 unspecified atom stereocenters. The molecule has 96 valence electrons. The van der Waals surface area contributed by atoms with Crippen molar-refractivity contribution in [2.45, 2.75) is 20.0 Å². The van der Waals surface area contributed by atoms with Gasteiger partial charge in [0.15, 0.2) is 0 Å². The minimum atomic E-state index is -0.938. The van der Waals surface area contributed by atoms with Gasteiger partial charge >= 0.3 is 5.97 Å². The van der Waals surface area contributed by atoms with E-state index in [1.54, 1.807) is 23.1 Å². The van der Waals surface area contributed by atoms with Crippen LogP contribution in [0.4, 0.5) is 0 Å². The van der Waals surface area contributed by atoms with Crippen LogP contribution in [-0.4, -0.2) is 20.9 Å². The fraction of sp³-hybridized carbons (Fsp3) is 0.333. The standard InChI is InChI=1S/C12H15N3O2S/c1-8-3-4-9(18-8)5-13-7-11-10(12(16)17)6-14-15(11)2/h3-4,6,13H,5,7H2,1-2H3,(H,16,17). The van der Waals surface area contributed by atoms with Crippen molar-refractivity contribution in [3.8, 4) is 0 Å². The Morgan fingerprint density at radius 3 is 2.89 bits per heavy atom. The normalized spacial score (nSPS) is 10.8. The van der Waals surface area contributed by atoms with E-state index in [9.17, 15) is 4.79 Å². The van der Waals surface area contributed by atoms with Crippen molar-refractivity contribution in [3.05, 3.63) is 39.3 Å². The summed E-state index contributed by atoms with van der Waals surface area (Å²) in [6.07, 6.45) is 1.38. The highest BCUT2D eigenvalue weighted by Gasteiger charge is 2.14. The van der Waals surface area contributed by atoms with Crippen LogP contribution in [0.25, 0.3) is 0 Å². The first kappa shape index (κ1) is 12.8. The van der Waals surface area contributed by atoms with Gasteiger partial charge < -0.3 is 10.4 Å². The van der Waals surface area contributed by atoms with E-state index in [4.69, 9.17) is 5.11 Å². The molecule has 5 nitrogen and oxygen atoms in total. The van der Waals surface area contributed by atoms with Crippen LogP contribution in [0.3, 0.4) is 0 Å². The molecule has 0 bridgehead atoms. The van der Waals surface area contributed by atoms with Gasteiger partial charge in [-0.3, -0.25) is 4.68 Å². The molecule has 2 heterocycles. The maximum atomic E-state index is 11.0. The lowest BCUT2D eigenvalue weighted by Crippen LogP contribution is -2.17. The molecule has 0 aromatic carbocycles. The van der Waals surface area contributed by atoms with E-state index in [0.29, 0.717) is 12.2 Å². The maximum Gasteiger partial charge on any atom is 0.339 e. The van der Waals surface area contributed by atoms with E-state index in [0.717, 1.165) is 6.54 Å². The maximum absolute atomic E-state index is 11.0. The minimum Gasteiger partial charge on any atom is -0.478 e. The van der Waals surface area contributed by atoms with Crippen LogP contribution in [0.5, 0.6) is 0 Å². The molecular formula is C12H15N3O2S. The zero-order valence-corrected chi connectivity index (χ0v) is 11.1. The number of carboxylic acid groups (broad SMARTS) is 1. The summed E-state index contributed by atoms with van der Waals surface area (Å²) in [5.74, 6) is -0.938. The van der Waals surface area contributed by atoms with Crippen molar-refractivity contribution in [3.63, 3.8) is 0 Å². The number of nitrogens with zero attached hydrogens (tertiary/aromatic N) is 2. The molecule has 0 aliphatic carbocycles. The molecule has 2 aromatic rings. The molecule has 2 rings (SSSR count). The SMILES string of the molecule is Cc1ccc(CNCc2c(C(=O)O)cnn2C)s1. The van der Waals surface area contributed by atoms with Gasteiger partial charge in [0.2, 0.25) is 0 Å². The highest BCUT2D eigenvalue weighted by molar-refractivity contribution is 7.11. The number of carboxylic acids is 1. The lowest BCUT2D eigenvalue weighted by atomic mass is 10.2. The lowest BCUT2D eigenvalue weighted by Gasteiger charge is -2.05. The fourth-order valence-electron chi connectivity index (χ4n) is 1.74. The Balaban J connectivity index is 1.98. The van der Waals surface area contributed by atoms with Crippen LogP contribution in [-0.2, 0) is 20.1 Å². The quantitative estimate of drug-likeness (QED) is 0.864. The average molecular weight is 265 g/mol. The molecule has 0 radical (unpaired) electrons. The van der Waals surface area contributed by atoms with Crippen molar-refractivity contribution < 1.29 is 9.90 Å². The number of carbonyl (C=O) groups is 1. The number of hydrogen-bond donors (Lipinski definition) is 2. The van der Waals surface area contributed by atoms with Gasteiger partial charge in [-0.05, 0) is 19.1 Å². The molecule has 2 N–H and O–H groups in total. The van der Waals surface area contributed by atoms with Crippen molar-refractivity contribution >= 4 is 17.3 Å². The molecule has 0 amide bonds. The van der Waals surface area contributed by atoms with Crippen molar-refractivity contribution in [2.75, 3.05) is 0 Å². The summed E-state index contributed by atoms with van der Waals surface area (Å²) < 4.78 is 1.59. The lowest BCUT2D eigenvalue weighted by molar-refractivity contribution is 0.0695. The molecular weight excluding hydrogens is 250 g/mol. The molecule has 0 saturated carbocycles. The zero-order chi connectivity index (χ0) is 13.1. The third-order valence-corrected chi connectivity index (χ3v) is 3.68. The largest absolute Gasteiger partial charge is 0.478 e. The van der Waals surface area contributed by atoms with E-state index < -0.39 is 5.97 Å². The number of aromatic carboxylic acids is 1. The number of aryl methyl sites for hydroxylation is 2. The summed E-state index contributed by atoms with van der Waals surface area (Å²) in [7, 11) is 1.75. The Kier molecular flexibility index (Phi) is 3.78. The van der Waals surface area contributed by atoms with Crippen LogP contribution < -0.4 is 5.32 Å². The predicted molar refractivity (Wildman–Crippen MR) is 69.8 cm³/mol. The fourth-order valence-corrected chi connectivity index (χ4v) is 2.60. The Morgan fingerprint density at radius 1 is 1.50 bits per heavy atom. The van der Waals surface area contributed by atoms with Crippen molar-refractivity contribution in [1.29, 1.82) is 0 Å². The molecule has 0 saturated heterocycles. The van der Waals surface area contributed by atoms with Crippen molar-refractivity contribution in [2.24, 2.45) is 7.05 Å². The molecule has 6 heteroatoms. The second-order valence-electron chi connectivity index (χ2n) is 4.05. The van der Waals surface area contributed by atoms with Gasteiger partial charge in [0.1, 0.15) is 5.56 Å². The molecule has 0 aliphatic heterocycles. The first-order valence-electron chi connectivity index (χ1n) is 5.58. The smallest absolute Gasteiger partial charge is 0.339 e. The summed E-state index contributed by atoms with van der Waals surface area (Å²) in [6.45, 7) is 3.30. The third kappa shape index (κ3) is 2.77. The second-order valence-corrected chi connectivity index (χ2v) is 5.42. The van der Waals surface area contributed by atoms with Gasteiger partial charge in [-0.1, -0.05) is 0 Å². The van der Waals surface area contributed by atoms with Gasteiger partial charge in [0.05, 0.1) is 11.9 Å². The number of nitrogens with one attached hydrogen (secondary N) is 1. The number of rotatable bonds is 5. The van der Waals surface area contributed by atoms with Gasteiger partial charge in [0, 0.05) is 29.9 Å². The van der Waals surface area contributed by atoms with Gasteiger partial charge in [-0.2, -0.15) is 5.10 Å². The van der Waals surface area contributed by atoms with E-state index in [1.165, 1.54) is 16.0 Å². The monoisotopic (exact) mass is 265 g/mol. The summed E-state index contributed by atoms with van der Waals surface area (Å²) in [6, 6.07) is 4.16. The number of hydrogen-bond acceptors (Lipinski definition) is 4. The number of aromatic nitrogens is 2. The third-order valence-electron chi connectivity index (χ3n) is 2.68. The van der Waals surface area contributed by atoms with Crippen LogP contribution >= 0.6 is 11.3 Å². The molecule has 0 aliphatic rings. The topological polar surface area (TPSA) is 67.2 Å². The van der Waals surface area contributed by atoms with Gasteiger partial charge in [-0.15, -0.1) is 11.3 Å². The van der Waals surface area contributed by atoms with Crippen molar-refractivity contribution in [1.82, 2.24) is 15.1 Å². The van der Waals surface area contributed by atoms with Crippen LogP contribution in [0, 0.1) is 6.92 Å². The first-order chi connectivity index (χ1) is 8.58. The van der Waals surface area contributed by atoms with E-state index in [2.05, 4.69) is 29.5 Å². The van der Waals surface area contributed by atoms with Gasteiger partial charge in [0.25, 0.3) is 0 Å². The number of thiophene rings is 1. The Hall–Kier alpha value is -1.66. The second kappa shape index (κ2) is 5.32. The van der Waals surface area contributed by atoms with Crippen LogP contribution in [0.2, 0.25) is 0 Å².